The zero-order valence-corrected chi connectivity index (χ0v) is 36.4. The summed E-state index contributed by atoms with van der Waals surface area (Å²) >= 11 is 1.46. The van der Waals surface area contributed by atoms with E-state index in [1.54, 1.807) is 0 Å². The maximum Gasteiger partial charge on any atom is -0.109 e. The molecule has 0 aromatic heterocycles. The van der Waals surface area contributed by atoms with Crippen molar-refractivity contribution in [3.63, 3.8) is 0 Å². The molecule has 4 aromatic rings. The van der Waals surface area contributed by atoms with Gasteiger partial charge in [0.05, 0.1) is 0 Å². The Labute approximate surface area is 332 Å². The van der Waals surface area contributed by atoms with Crippen LogP contribution in [0.15, 0.2) is 97.1 Å². The normalized spacial score (nSPS) is 13.1. The van der Waals surface area contributed by atoms with Gasteiger partial charge >= 0.3 is 151 Å². The number of benzene rings is 4. The van der Waals surface area contributed by atoms with Crippen LogP contribution in [0, 0.1) is 12.1 Å². The van der Waals surface area contributed by atoms with Crippen LogP contribution in [0.2, 0.25) is 0 Å². The molecule has 0 N–H and O–H groups in total. The van der Waals surface area contributed by atoms with Gasteiger partial charge in [-0.15, -0.1) is 17.5 Å². The van der Waals surface area contributed by atoms with Crippen molar-refractivity contribution in [1.29, 1.82) is 0 Å². The average Bonchev–Trinajstić information content (AvgIpc) is 3.71. The van der Waals surface area contributed by atoms with Gasteiger partial charge in [-0.2, -0.15) is 29.8 Å². The third kappa shape index (κ3) is 11.6. The number of rotatable bonds is 2. The summed E-state index contributed by atoms with van der Waals surface area (Å²) in [7, 11) is 0. The minimum Gasteiger partial charge on any atom is -1.00 e. The van der Waals surface area contributed by atoms with Crippen LogP contribution in [-0.4, -0.2) is 3.21 Å². The second-order valence-electron chi connectivity index (χ2n) is 17.3. The molecular formula is C47H56Cl2Zr-2. The van der Waals surface area contributed by atoms with Gasteiger partial charge in [-0.25, -0.2) is 12.2 Å². The van der Waals surface area contributed by atoms with E-state index in [0.29, 0.717) is 0 Å². The first-order chi connectivity index (χ1) is 22.2. The maximum atomic E-state index is 3.67. The standard InChI is InChI=1S/C21H25.C21H26.C5H5.2ClH.Zr/c1-20(2,3)16-7-9-18-14(12-16)11-15-13-17(21(4,5)6)8-10-19(15)18;1-20(2,3)18-11-7-16(8-12-18)15-17-9-13-19(14-10-17)21(4,5)6;1-2-4-5-3-1;;;/h7-10,12H,11H2,1-6H3;7-14H,1-6H3;1-3H,4H2;2*1H;/q-1;;-1;;;+2/p-2. The average molecular weight is 783 g/mol. The summed E-state index contributed by atoms with van der Waals surface area (Å²) in [5.74, 6) is 0. The molecule has 0 atom stereocenters. The third-order valence-corrected chi connectivity index (χ3v) is 10.5. The number of hydrogen-bond donors (Lipinski definition) is 0. The van der Waals surface area contributed by atoms with Crippen LogP contribution < -0.4 is 24.8 Å². The molecular weight excluding hydrogens is 727 g/mol. The molecule has 3 heteroatoms. The Morgan fingerprint density at radius 2 is 1.02 bits per heavy atom. The Hall–Kier alpha value is -2.31. The van der Waals surface area contributed by atoms with Gasteiger partial charge in [0, 0.05) is 0 Å². The van der Waals surface area contributed by atoms with Crippen LogP contribution in [0.3, 0.4) is 0 Å². The first-order valence-corrected chi connectivity index (χ1v) is 18.7. The molecule has 2 aliphatic rings. The van der Waals surface area contributed by atoms with Crippen molar-refractivity contribution in [3.8, 4) is 11.1 Å². The van der Waals surface area contributed by atoms with Crippen LogP contribution in [0.5, 0.6) is 0 Å². The number of hydrogen-bond acceptors (Lipinski definition) is 0. The van der Waals surface area contributed by atoms with Crippen LogP contribution >= 0.6 is 0 Å². The SMILES string of the molecule is CC(C)(C)c1[c-]c2c(cc1)-c1ccc(C(C)(C)C)cc1C2.CC(C)(C)c1ccc([C](=[Zr+2])c2ccc(C(C)(C)C)cc2)cc1.[C-]1=CC=CC1.[Cl-].[Cl-]. The van der Waals surface area contributed by atoms with Gasteiger partial charge < -0.3 is 24.8 Å². The van der Waals surface area contributed by atoms with Gasteiger partial charge in [0.1, 0.15) is 0 Å². The topological polar surface area (TPSA) is 0 Å². The molecule has 4 aromatic carbocycles. The first-order valence-electron chi connectivity index (χ1n) is 17.5. The zero-order chi connectivity index (χ0) is 35.5. The molecule has 0 saturated carbocycles. The van der Waals surface area contributed by atoms with Crippen molar-refractivity contribution in [2.24, 2.45) is 0 Å². The van der Waals surface area contributed by atoms with Crippen molar-refractivity contribution < 1.29 is 49.0 Å². The van der Waals surface area contributed by atoms with Gasteiger partial charge in [0.2, 0.25) is 0 Å². The van der Waals surface area contributed by atoms with Crippen LogP contribution in [0.1, 0.15) is 134 Å². The summed E-state index contributed by atoms with van der Waals surface area (Å²) in [5, 5.41) is 0. The Balaban J connectivity index is 0.000000293. The number of allylic oxidation sites excluding steroid dienone is 4. The molecule has 0 heterocycles. The van der Waals surface area contributed by atoms with E-state index in [4.69, 9.17) is 0 Å². The van der Waals surface area contributed by atoms with Crippen molar-refractivity contribution in [2.45, 2.75) is 118 Å². The largest absolute Gasteiger partial charge is 1.00 e. The predicted molar refractivity (Wildman–Crippen MR) is 206 cm³/mol. The molecule has 0 fully saturated rings. The van der Waals surface area contributed by atoms with Gasteiger partial charge in [-0.1, -0.05) is 65.3 Å². The summed E-state index contributed by atoms with van der Waals surface area (Å²) in [6.45, 7) is 27.2. The smallest absolute Gasteiger partial charge is 0.109 e. The Kier molecular flexibility index (Phi) is 15.3. The van der Waals surface area contributed by atoms with Gasteiger partial charge in [-0.3, -0.25) is 6.08 Å². The molecule has 0 amide bonds. The fourth-order valence-electron chi connectivity index (χ4n) is 5.81. The summed E-state index contributed by atoms with van der Waals surface area (Å²) in [5.41, 5.74) is 14.6. The minimum absolute atomic E-state index is 0. The van der Waals surface area contributed by atoms with Gasteiger partial charge in [-0.05, 0) is 28.4 Å². The van der Waals surface area contributed by atoms with E-state index in [2.05, 4.69) is 180 Å². The molecule has 0 saturated heterocycles. The molecule has 0 radical (unpaired) electrons. The van der Waals surface area contributed by atoms with Crippen LogP contribution in [-0.2, 0) is 52.3 Å². The molecule has 0 spiro atoms. The van der Waals surface area contributed by atoms with E-state index in [1.807, 2.05) is 12.2 Å². The van der Waals surface area contributed by atoms with E-state index in [0.717, 1.165) is 12.8 Å². The monoisotopic (exact) mass is 780 g/mol. The number of halogens is 2. The van der Waals surface area contributed by atoms with Crippen LogP contribution in [0.4, 0.5) is 0 Å². The number of fused-ring (bicyclic) bond motifs is 3. The zero-order valence-electron chi connectivity index (χ0n) is 32.4. The summed E-state index contributed by atoms with van der Waals surface area (Å²) in [6, 6.07) is 33.3. The fourth-order valence-corrected chi connectivity index (χ4v) is 6.63. The first kappa shape index (κ1) is 43.9. The second-order valence-corrected chi connectivity index (χ2v) is 18.6. The molecule has 50 heavy (non-hydrogen) atoms. The second kappa shape index (κ2) is 17.5. The summed E-state index contributed by atoms with van der Waals surface area (Å²) in [4.78, 5) is 0. The predicted octanol–water partition coefficient (Wildman–Crippen LogP) is 6.36. The van der Waals surface area contributed by atoms with E-state index >= 15 is 0 Å². The molecule has 2 aliphatic carbocycles. The van der Waals surface area contributed by atoms with Crippen molar-refractivity contribution in [2.75, 3.05) is 0 Å². The van der Waals surface area contributed by atoms with Crippen molar-refractivity contribution >= 4 is 3.21 Å². The molecule has 0 unspecified atom stereocenters. The van der Waals surface area contributed by atoms with Crippen molar-refractivity contribution in [1.82, 2.24) is 0 Å². The Morgan fingerprint density at radius 3 is 1.40 bits per heavy atom. The van der Waals surface area contributed by atoms with Gasteiger partial charge in [0.15, 0.2) is 0 Å². The molecule has 6 rings (SSSR count). The maximum absolute atomic E-state index is 3.67. The third-order valence-electron chi connectivity index (χ3n) is 9.13. The summed E-state index contributed by atoms with van der Waals surface area (Å²) < 4.78 is 1.42. The molecule has 0 bridgehead atoms. The van der Waals surface area contributed by atoms with Crippen LogP contribution in [0.25, 0.3) is 11.1 Å². The fraction of sp³-hybridized carbons (Fsp3) is 0.383. The minimum atomic E-state index is 0. The van der Waals surface area contributed by atoms with Gasteiger partial charge in [0.25, 0.3) is 0 Å². The molecule has 264 valence electrons. The van der Waals surface area contributed by atoms with E-state index in [-0.39, 0.29) is 46.5 Å². The summed E-state index contributed by atoms with van der Waals surface area (Å²) in [6.07, 6.45) is 11.0. The quantitative estimate of drug-likeness (QED) is 0.183. The van der Waals surface area contributed by atoms with E-state index in [1.165, 1.54) is 83.1 Å². The molecule has 0 nitrogen and oxygen atoms in total. The van der Waals surface area contributed by atoms with E-state index in [9.17, 15) is 0 Å². The Morgan fingerprint density at radius 1 is 0.560 bits per heavy atom. The van der Waals surface area contributed by atoms with Crippen molar-refractivity contribution in [3.05, 3.63) is 154 Å². The van der Waals surface area contributed by atoms with E-state index < -0.39 is 0 Å². The molecule has 0 aliphatic heterocycles. The Bertz CT molecular complexity index is 1650.